The van der Waals surface area contributed by atoms with Gasteiger partial charge in [-0.15, -0.1) is 6.58 Å². The highest BCUT2D eigenvalue weighted by Crippen LogP contribution is 2.33. The number of benzene rings is 2. The van der Waals surface area contributed by atoms with Crippen LogP contribution in [0.15, 0.2) is 72.3 Å². The number of hydrogen-bond donors (Lipinski definition) is 2. The van der Waals surface area contributed by atoms with Crippen molar-refractivity contribution in [3.05, 3.63) is 78.5 Å². The summed E-state index contributed by atoms with van der Waals surface area (Å²) in [5.74, 6) is -0.608. The minimum atomic E-state index is -4.54. The van der Waals surface area contributed by atoms with Crippen LogP contribution in [0.4, 0.5) is 18.9 Å². The molecule has 0 aliphatic heterocycles. The molecule has 3 rings (SSSR count). The molecule has 0 spiro atoms. The fourth-order valence-electron chi connectivity index (χ4n) is 2.66. The van der Waals surface area contributed by atoms with E-state index in [1.165, 1.54) is 48.7 Å². The number of rotatable bonds is 6. The standard InChI is InChI=1S/C20H16F3N3O3S/c1-2-10-25-30(28,29)15-6-3-13(4-7-15)19(27)26-18-9-11-24-17-8-5-14(12-16(17)18)20(21,22)23/h2-9,11-12,25H,1,10H2,(H,24,26,27). The van der Waals surface area contributed by atoms with Gasteiger partial charge in [-0.25, -0.2) is 13.1 Å². The number of anilines is 1. The molecule has 1 heterocycles. The third-order valence-electron chi connectivity index (χ3n) is 4.16. The Morgan fingerprint density at radius 3 is 2.43 bits per heavy atom. The van der Waals surface area contributed by atoms with E-state index in [9.17, 15) is 26.4 Å². The Morgan fingerprint density at radius 2 is 1.80 bits per heavy atom. The Balaban J connectivity index is 1.87. The van der Waals surface area contributed by atoms with Gasteiger partial charge in [0.05, 0.1) is 21.7 Å². The van der Waals surface area contributed by atoms with Crippen molar-refractivity contribution >= 4 is 32.5 Å². The Morgan fingerprint density at radius 1 is 1.10 bits per heavy atom. The van der Waals surface area contributed by atoms with E-state index in [1.807, 2.05) is 0 Å². The van der Waals surface area contributed by atoms with Crippen LogP contribution in [-0.4, -0.2) is 25.9 Å². The van der Waals surface area contributed by atoms with E-state index in [0.717, 1.165) is 12.1 Å². The number of halogens is 3. The van der Waals surface area contributed by atoms with Crippen molar-refractivity contribution in [1.82, 2.24) is 9.71 Å². The van der Waals surface area contributed by atoms with Crippen LogP contribution in [0.2, 0.25) is 0 Å². The summed E-state index contributed by atoms with van der Waals surface area (Å²) >= 11 is 0. The Hall–Kier alpha value is -3.24. The monoisotopic (exact) mass is 435 g/mol. The first-order valence-corrected chi connectivity index (χ1v) is 10.1. The zero-order valence-corrected chi connectivity index (χ0v) is 16.2. The summed E-state index contributed by atoms with van der Waals surface area (Å²) in [6.07, 6.45) is -1.78. The second kappa shape index (κ2) is 8.25. The quantitative estimate of drug-likeness (QED) is 0.574. The lowest BCUT2D eigenvalue weighted by atomic mass is 10.1. The van der Waals surface area contributed by atoms with Crippen molar-refractivity contribution < 1.29 is 26.4 Å². The molecule has 2 aromatic carbocycles. The van der Waals surface area contributed by atoms with Crippen LogP contribution in [0, 0.1) is 0 Å². The molecule has 30 heavy (non-hydrogen) atoms. The number of amides is 1. The summed E-state index contributed by atoms with van der Waals surface area (Å²) in [6, 6.07) is 9.58. The van der Waals surface area contributed by atoms with Crippen LogP contribution >= 0.6 is 0 Å². The van der Waals surface area contributed by atoms with Crippen LogP contribution < -0.4 is 10.0 Å². The molecule has 0 fully saturated rings. The minimum Gasteiger partial charge on any atom is -0.321 e. The highest BCUT2D eigenvalue weighted by molar-refractivity contribution is 7.89. The summed E-state index contributed by atoms with van der Waals surface area (Å²) in [4.78, 5) is 16.5. The maximum atomic E-state index is 13.0. The van der Waals surface area contributed by atoms with E-state index >= 15 is 0 Å². The largest absolute Gasteiger partial charge is 0.416 e. The van der Waals surface area contributed by atoms with Crippen LogP contribution in [0.1, 0.15) is 15.9 Å². The number of fused-ring (bicyclic) bond motifs is 1. The fraction of sp³-hybridized carbons (Fsp3) is 0.100. The van der Waals surface area contributed by atoms with Crippen molar-refractivity contribution in [2.45, 2.75) is 11.1 Å². The smallest absolute Gasteiger partial charge is 0.321 e. The van der Waals surface area contributed by atoms with E-state index in [-0.39, 0.29) is 33.6 Å². The Labute approximate surface area is 170 Å². The average molecular weight is 435 g/mol. The Bertz CT molecular complexity index is 1210. The van der Waals surface area contributed by atoms with Gasteiger partial charge in [0, 0.05) is 23.7 Å². The predicted octanol–water partition coefficient (Wildman–Crippen LogP) is 3.97. The molecule has 0 atom stereocenters. The van der Waals surface area contributed by atoms with Gasteiger partial charge in [0.25, 0.3) is 5.91 Å². The highest BCUT2D eigenvalue weighted by atomic mass is 32.2. The van der Waals surface area contributed by atoms with Crippen molar-refractivity contribution in [2.24, 2.45) is 0 Å². The first kappa shape index (κ1) is 21.5. The number of nitrogens with zero attached hydrogens (tertiary/aromatic N) is 1. The molecule has 3 aromatic rings. The normalized spacial score (nSPS) is 12.0. The summed E-state index contributed by atoms with van der Waals surface area (Å²) in [6.45, 7) is 3.48. The molecule has 156 valence electrons. The Kier molecular flexibility index (Phi) is 5.90. The van der Waals surface area contributed by atoms with Gasteiger partial charge in [0.1, 0.15) is 0 Å². The molecule has 10 heteroatoms. The number of carbonyl (C=O) groups is 1. The number of aromatic nitrogens is 1. The van der Waals surface area contributed by atoms with Gasteiger partial charge in [-0.3, -0.25) is 9.78 Å². The van der Waals surface area contributed by atoms with E-state index in [1.54, 1.807) is 0 Å². The number of hydrogen-bond acceptors (Lipinski definition) is 4. The van der Waals surface area contributed by atoms with Crippen LogP contribution in [0.5, 0.6) is 0 Å². The lowest BCUT2D eigenvalue weighted by molar-refractivity contribution is -0.137. The molecule has 0 bridgehead atoms. The molecule has 0 unspecified atom stereocenters. The first-order valence-electron chi connectivity index (χ1n) is 8.60. The molecule has 1 aromatic heterocycles. The van der Waals surface area contributed by atoms with Crippen LogP contribution in [0.25, 0.3) is 10.9 Å². The van der Waals surface area contributed by atoms with Gasteiger partial charge >= 0.3 is 6.18 Å². The second-order valence-corrected chi connectivity index (χ2v) is 7.97. The van der Waals surface area contributed by atoms with Crippen molar-refractivity contribution in [3.8, 4) is 0 Å². The molecule has 2 N–H and O–H groups in total. The third-order valence-corrected chi connectivity index (χ3v) is 5.60. The molecule has 0 aliphatic rings. The third kappa shape index (κ3) is 4.66. The summed E-state index contributed by atoms with van der Waals surface area (Å²) in [5.41, 5.74) is -0.286. The van der Waals surface area contributed by atoms with Crippen molar-refractivity contribution in [1.29, 1.82) is 0 Å². The zero-order chi connectivity index (χ0) is 21.9. The SMILES string of the molecule is C=CCNS(=O)(=O)c1ccc(C(=O)Nc2ccnc3ccc(C(F)(F)F)cc23)cc1. The summed E-state index contributed by atoms with van der Waals surface area (Å²) < 4.78 is 65.5. The highest BCUT2D eigenvalue weighted by Gasteiger charge is 2.30. The molecule has 1 amide bonds. The number of sulfonamides is 1. The molecule has 0 aliphatic carbocycles. The maximum Gasteiger partial charge on any atom is 0.416 e. The van der Waals surface area contributed by atoms with E-state index < -0.39 is 27.7 Å². The lowest BCUT2D eigenvalue weighted by Crippen LogP contribution is -2.23. The van der Waals surface area contributed by atoms with Crippen LogP contribution in [-0.2, 0) is 16.2 Å². The topological polar surface area (TPSA) is 88.2 Å². The van der Waals surface area contributed by atoms with Gasteiger partial charge in [0.2, 0.25) is 10.0 Å². The number of alkyl halides is 3. The number of carbonyl (C=O) groups excluding carboxylic acids is 1. The van der Waals surface area contributed by atoms with E-state index in [0.29, 0.717) is 0 Å². The molecule has 6 nitrogen and oxygen atoms in total. The lowest BCUT2D eigenvalue weighted by Gasteiger charge is -2.12. The predicted molar refractivity (Wildman–Crippen MR) is 107 cm³/mol. The van der Waals surface area contributed by atoms with E-state index in [4.69, 9.17) is 0 Å². The molecular weight excluding hydrogens is 419 g/mol. The second-order valence-electron chi connectivity index (χ2n) is 6.21. The van der Waals surface area contributed by atoms with Crippen molar-refractivity contribution in [2.75, 3.05) is 11.9 Å². The fourth-order valence-corrected chi connectivity index (χ4v) is 3.66. The van der Waals surface area contributed by atoms with E-state index in [2.05, 4.69) is 21.6 Å². The molecule has 0 saturated carbocycles. The number of pyridine rings is 1. The first-order chi connectivity index (χ1) is 14.1. The average Bonchev–Trinajstić information content (AvgIpc) is 2.71. The number of nitrogens with one attached hydrogen (secondary N) is 2. The van der Waals surface area contributed by atoms with Gasteiger partial charge in [-0.05, 0) is 48.5 Å². The molecule has 0 radical (unpaired) electrons. The van der Waals surface area contributed by atoms with Crippen LogP contribution in [0.3, 0.4) is 0 Å². The van der Waals surface area contributed by atoms with Gasteiger partial charge < -0.3 is 5.32 Å². The zero-order valence-electron chi connectivity index (χ0n) is 15.4. The molecule has 0 saturated heterocycles. The summed E-state index contributed by atoms with van der Waals surface area (Å²) in [7, 11) is -3.74. The maximum absolute atomic E-state index is 13.0. The van der Waals surface area contributed by atoms with Crippen molar-refractivity contribution in [3.63, 3.8) is 0 Å². The van der Waals surface area contributed by atoms with Gasteiger partial charge in [-0.2, -0.15) is 13.2 Å². The minimum absolute atomic E-state index is 0.0370. The summed E-state index contributed by atoms with van der Waals surface area (Å²) in [5, 5.41) is 2.68. The van der Waals surface area contributed by atoms with Gasteiger partial charge in [-0.1, -0.05) is 6.08 Å². The van der Waals surface area contributed by atoms with Gasteiger partial charge in [0.15, 0.2) is 0 Å². The molecular formula is C20H16F3N3O3S.